The Balaban J connectivity index is 1.51. The van der Waals surface area contributed by atoms with Gasteiger partial charge in [-0.3, -0.25) is 0 Å². The molecule has 6 nitrogen and oxygen atoms in total. The smallest absolute Gasteiger partial charge is 0.399 e. The second-order valence-corrected chi connectivity index (χ2v) is 9.16. The lowest BCUT2D eigenvalue weighted by molar-refractivity contribution is -0.137. The van der Waals surface area contributed by atoms with Gasteiger partial charge in [0.2, 0.25) is 0 Å². The molecule has 1 fully saturated rings. The van der Waals surface area contributed by atoms with Crippen molar-refractivity contribution in [3.8, 4) is 0 Å². The number of rotatable bonds is 4. The SMILES string of the molecule is Cc1nc(NC(C)c2cc(N)cc(C(F)(F)F)c2)c2cc3c(cc2n1)CCN3C1CCOCC1. The summed E-state index contributed by atoms with van der Waals surface area (Å²) in [6.07, 6.45) is -1.49. The molecule has 180 valence electrons. The van der Waals surface area contributed by atoms with Gasteiger partial charge in [-0.05, 0) is 74.6 Å². The number of alkyl halides is 3. The van der Waals surface area contributed by atoms with Gasteiger partial charge in [0.15, 0.2) is 0 Å². The number of benzene rings is 2. The van der Waals surface area contributed by atoms with Crippen molar-refractivity contribution in [2.45, 2.75) is 51.4 Å². The second-order valence-electron chi connectivity index (χ2n) is 9.16. The maximum absolute atomic E-state index is 13.3. The Morgan fingerprint density at radius 1 is 1.12 bits per heavy atom. The molecule has 3 aromatic rings. The topological polar surface area (TPSA) is 76.3 Å². The summed E-state index contributed by atoms with van der Waals surface area (Å²) in [6, 6.07) is 7.90. The first-order valence-electron chi connectivity index (χ1n) is 11.6. The molecular formula is C25H28F3N5O. The number of hydrogen-bond acceptors (Lipinski definition) is 6. The molecule has 5 rings (SSSR count). The Labute approximate surface area is 196 Å². The van der Waals surface area contributed by atoms with Crippen molar-refractivity contribution in [3.63, 3.8) is 0 Å². The minimum Gasteiger partial charge on any atom is -0.399 e. The van der Waals surface area contributed by atoms with Crippen molar-refractivity contribution >= 4 is 28.1 Å². The molecule has 1 saturated heterocycles. The van der Waals surface area contributed by atoms with Crippen molar-refractivity contribution in [1.82, 2.24) is 9.97 Å². The third-order valence-electron chi connectivity index (χ3n) is 6.73. The van der Waals surface area contributed by atoms with E-state index in [1.54, 1.807) is 13.0 Å². The summed E-state index contributed by atoms with van der Waals surface area (Å²) in [7, 11) is 0. The Kier molecular flexibility index (Phi) is 5.75. The standard InChI is InChI=1S/C25H28F3N5O/c1-14(17-9-18(25(26,27)28)12-19(29)10-17)30-24-21-13-23-16(11-22(21)31-15(2)32-24)3-6-33(23)20-4-7-34-8-5-20/h9-14,20H,3-8,29H2,1-2H3,(H,30,31,32). The molecular weight excluding hydrogens is 443 g/mol. The number of aryl methyl sites for hydroxylation is 1. The van der Waals surface area contributed by atoms with E-state index in [9.17, 15) is 13.2 Å². The Bertz CT molecular complexity index is 1220. The van der Waals surface area contributed by atoms with Gasteiger partial charge in [0.05, 0.1) is 17.1 Å². The van der Waals surface area contributed by atoms with E-state index >= 15 is 0 Å². The predicted molar refractivity (Wildman–Crippen MR) is 127 cm³/mol. The van der Waals surface area contributed by atoms with Crippen LogP contribution in [0.5, 0.6) is 0 Å². The molecule has 34 heavy (non-hydrogen) atoms. The van der Waals surface area contributed by atoms with Gasteiger partial charge in [0, 0.05) is 42.6 Å². The zero-order chi connectivity index (χ0) is 24.0. The van der Waals surface area contributed by atoms with Crippen LogP contribution < -0.4 is 16.0 Å². The number of aromatic nitrogens is 2. The van der Waals surface area contributed by atoms with Crippen LogP contribution in [0.4, 0.5) is 30.4 Å². The highest BCUT2D eigenvalue weighted by Gasteiger charge is 2.32. The van der Waals surface area contributed by atoms with Crippen LogP contribution in [0.15, 0.2) is 30.3 Å². The fourth-order valence-electron chi connectivity index (χ4n) is 5.02. The second kappa shape index (κ2) is 8.61. The largest absolute Gasteiger partial charge is 0.416 e. The van der Waals surface area contributed by atoms with E-state index in [4.69, 9.17) is 10.5 Å². The highest BCUT2D eigenvalue weighted by molar-refractivity contribution is 5.93. The molecule has 0 amide bonds. The maximum Gasteiger partial charge on any atom is 0.416 e. The molecule has 0 aliphatic carbocycles. The minimum atomic E-state index is -4.46. The number of fused-ring (bicyclic) bond motifs is 2. The summed E-state index contributed by atoms with van der Waals surface area (Å²) < 4.78 is 45.5. The van der Waals surface area contributed by atoms with Crippen molar-refractivity contribution in [3.05, 3.63) is 52.8 Å². The Morgan fingerprint density at radius 3 is 2.62 bits per heavy atom. The van der Waals surface area contributed by atoms with Gasteiger partial charge in [0.1, 0.15) is 11.6 Å². The van der Waals surface area contributed by atoms with Crippen LogP contribution in [0, 0.1) is 6.92 Å². The molecule has 1 unspecified atom stereocenters. The monoisotopic (exact) mass is 471 g/mol. The zero-order valence-corrected chi connectivity index (χ0v) is 19.2. The van der Waals surface area contributed by atoms with Crippen LogP contribution in [0.1, 0.15) is 48.3 Å². The average molecular weight is 472 g/mol. The Hall–Kier alpha value is -3.07. The molecule has 0 bridgehead atoms. The number of anilines is 3. The van der Waals surface area contributed by atoms with E-state index in [0.29, 0.717) is 23.2 Å². The van der Waals surface area contributed by atoms with E-state index < -0.39 is 17.8 Å². The van der Waals surface area contributed by atoms with E-state index in [0.717, 1.165) is 62.1 Å². The number of hydrogen-bond donors (Lipinski definition) is 2. The van der Waals surface area contributed by atoms with E-state index in [1.165, 1.54) is 11.3 Å². The molecule has 0 saturated carbocycles. The van der Waals surface area contributed by atoms with Crippen LogP contribution in [-0.2, 0) is 17.3 Å². The van der Waals surface area contributed by atoms with Gasteiger partial charge in [-0.1, -0.05) is 0 Å². The highest BCUT2D eigenvalue weighted by Crippen LogP contribution is 2.38. The predicted octanol–water partition coefficient (Wildman–Crippen LogP) is 5.25. The third kappa shape index (κ3) is 4.36. The first-order valence-corrected chi connectivity index (χ1v) is 11.6. The molecule has 2 aliphatic heterocycles. The minimum absolute atomic E-state index is 0.0760. The van der Waals surface area contributed by atoms with Crippen molar-refractivity contribution in [1.29, 1.82) is 0 Å². The maximum atomic E-state index is 13.3. The van der Waals surface area contributed by atoms with Gasteiger partial charge in [-0.2, -0.15) is 13.2 Å². The zero-order valence-electron chi connectivity index (χ0n) is 19.2. The first kappa shape index (κ1) is 22.7. The van der Waals surface area contributed by atoms with Crippen LogP contribution in [0.25, 0.3) is 10.9 Å². The normalized spacial score (nSPS) is 17.7. The van der Waals surface area contributed by atoms with Gasteiger partial charge in [-0.15, -0.1) is 0 Å². The quantitative estimate of drug-likeness (QED) is 0.506. The molecule has 1 atom stereocenters. The summed E-state index contributed by atoms with van der Waals surface area (Å²) in [5.74, 6) is 1.21. The van der Waals surface area contributed by atoms with Crippen molar-refractivity contribution < 1.29 is 17.9 Å². The highest BCUT2D eigenvalue weighted by atomic mass is 19.4. The van der Waals surface area contributed by atoms with Crippen molar-refractivity contribution in [2.75, 3.05) is 35.7 Å². The lowest BCUT2D eigenvalue weighted by Crippen LogP contribution is -2.38. The summed E-state index contributed by atoms with van der Waals surface area (Å²) in [4.78, 5) is 11.7. The fourth-order valence-corrected chi connectivity index (χ4v) is 5.02. The van der Waals surface area contributed by atoms with Crippen LogP contribution in [0.2, 0.25) is 0 Å². The number of nitrogens with two attached hydrogens (primary N) is 1. The summed E-state index contributed by atoms with van der Waals surface area (Å²) in [6.45, 7) is 6.14. The summed E-state index contributed by atoms with van der Waals surface area (Å²) >= 11 is 0. The molecule has 0 radical (unpaired) electrons. The molecule has 0 spiro atoms. The van der Waals surface area contributed by atoms with Crippen LogP contribution in [-0.4, -0.2) is 35.8 Å². The number of nitrogens with zero attached hydrogens (tertiary/aromatic N) is 3. The fraction of sp³-hybridized carbons (Fsp3) is 0.440. The van der Waals surface area contributed by atoms with E-state index in [2.05, 4.69) is 32.3 Å². The van der Waals surface area contributed by atoms with Gasteiger partial charge < -0.3 is 20.7 Å². The van der Waals surface area contributed by atoms with Crippen LogP contribution >= 0.6 is 0 Å². The molecule has 1 aromatic heterocycles. The average Bonchev–Trinajstić information content (AvgIpc) is 3.20. The lowest BCUT2D eigenvalue weighted by Gasteiger charge is -2.33. The van der Waals surface area contributed by atoms with E-state index in [1.807, 2.05) is 6.92 Å². The molecule has 3 N–H and O–H groups in total. The third-order valence-corrected chi connectivity index (χ3v) is 6.73. The van der Waals surface area contributed by atoms with Gasteiger partial charge in [0.25, 0.3) is 0 Å². The summed E-state index contributed by atoms with van der Waals surface area (Å²) in [5, 5.41) is 4.18. The van der Waals surface area contributed by atoms with Gasteiger partial charge >= 0.3 is 6.18 Å². The lowest BCUT2D eigenvalue weighted by atomic mass is 10.0. The van der Waals surface area contributed by atoms with E-state index in [-0.39, 0.29) is 5.69 Å². The molecule has 3 heterocycles. The van der Waals surface area contributed by atoms with Gasteiger partial charge in [-0.25, -0.2) is 9.97 Å². The van der Waals surface area contributed by atoms with Crippen LogP contribution in [0.3, 0.4) is 0 Å². The number of ether oxygens (including phenoxy) is 1. The molecule has 2 aromatic carbocycles. The first-order chi connectivity index (χ1) is 16.2. The Morgan fingerprint density at radius 2 is 1.88 bits per heavy atom. The summed E-state index contributed by atoms with van der Waals surface area (Å²) in [5.41, 5.74) is 8.83. The van der Waals surface area contributed by atoms with Crippen molar-refractivity contribution in [2.24, 2.45) is 0 Å². The number of nitrogens with one attached hydrogen (secondary N) is 1. The molecule has 9 heteroatoms. The molecule has 2 aliphatic rings. The number of nitrogen functional groups attached to an aromatic ring is 1. The number of halogens is 3.